The number of carbonyl (C=O) groups excluding carboxylic acids is 2. The number of carbonyl (C=O) groups is 2. The van der Waals surface area contributed by atoms with Gasteiger partial charge in [-0.25, -0.2) is 9.97 Å². The number of hydrogen-bond donors (Lipinski definition) is 1. The summed E-state index contributed by atoms with van der Waals surface area (Å²) in [6.45, 7) is 0.664. The van der Waals surface area contributed by atoms with E-state index in [2.05, 4.69) is 15.3 Å². The van der Waals surface area contributed by atoms with Gasteiger partial charge in [0, 0.05) is 19.2 Å². The van der Waals surface area contributed by atoms with Gasteiger partial charge in [-0.15, -0.1) is 0 Å². The van der Waals surface area contributed by atoms with Crippen molar-refractivity contribution in [3.8, 4) is 0 Å². The summed E-state index contributed by atoms with van der Waals surface area (Å²) in [5, 5.41) is 2.75. The number of hydrogen-bond acceptors (Lipinski definition) is 4. The zero-order valence-electron chi connectivity index (χ0n) is 9.02. The van der Waals surface area contributed by atoms with Crippen LogP contribution in [0, 0.1) is 0 Å². The predicted molar refractivity (Wildman–Crippen MR) is 61.5 cm³/mol. The van der Waals surface area contributed by atoms with Crippen molar-refractivity contribution in [2.45, 2.75) is 12.8 Å². The van der Waals surface area contributed by atoms with Crippen LogP contribution in [0.25, 0.3) is 0 Å². The molecule has 0 saturated carbocycles. The van der Waals surface area contributed by atoms with Gasteiger partial charge in [0.1, 0.15) is 5.15 Å². The fourth-order valence-electron chi connectivity index (χ4n) is 1.61. The SMILES string of the molecule is O=C(CN1CCCC1=O)Nc1nccc(Cl)n1. The van der Waals surface area contributed by atoms with Gasteiger partial charge in [-0.05, 0) is 12.5 Å². The van der Waals surface area contributed by atoms with E-state index in [0.29, 0.717) is 13.0 Å². The van der Waals surface area contributed by atoms with Crippen LogP contribution >= 0.6 is 11.6 Å². The highest BCUT2D eigenvalue weighted by molar-refractivity contribution is 6.29. The lowest BCUT2D eigenvalue weighted by molar-refractivity contribution is -0.131. The van der Waals surface area contributed by atoms with Crippen LogP contribution in [0.2, 0.25) is 5.15 Å². The first-order valence-electron chi connectivity index (χ1n) is 5.21. The van der Waals surface area contributed by atoms with Crippen LogP contribution in [0.3, 0.4) is 0 Å². The van der Waals surface area contributed by atoms with E-state index in [0.717, 1.165) is 6.42 Å². The summed E-state index contributed by atoms with van der Waals surface area (Å²) in [7, 11) is 0. The van der Waals surface area contributed by atoms with Gasteiger partial charge in [0.25, 0.3) is 0 Å². The van der Waals surface area contributed by atoms with Crippen molar-refractivity contribution in [2.75, 3.05) is 18.4 Å². The summed E-state index contributed by atoms with van der Waals surface area (Å²) in [5.41, 5.74) is 0. The highest BCUT2D eigenvalue weighted by atomic mass is 35.5. The van der Waals surface area contributed by atoms with E-state index < -0.39 is 0 Å². The number of anilines is 1. The van der Waals surface area contributed by atoms with E-state index in [1.807, 2.05) is 0 Å². The molecule has 0 atom stereocenters. The Bertz CT molecular complexity index is 452. The molecule has 2 heterocycles. The predicted octanol–water partition coefficient (Wildman–Crippen LogP) is 0.691. The number of likely N-dealkylation sites (tertiary alicyclic amines) is 1. The second-order valence-corrected chi connectivity index (χ2v) is 4.06. The Kier molecular flexibility index (Phi) is 3.53. The lowest BCUT2D eigenvalue weighted by Gasteiger charge is -2.14. The molecule has 0 aromatic carbocycles. The van der Waals surface area contributed by atoms with Crippen molar-refractivity contribution in [3.63, 3.8) is 0 Å². The summed E-state index contributed by atoms with van der Waals surface area (Å²) in [4.78, 5) is 32.1. The molecule has 0 aliphatic carbocycles. The van der Waals surface area contributed by atoms with Crippen LogP contribution in [-0.2, 0) is 9.59 Å². The van der Waals surface area contributed by atoms with Gasteiger partial charge < -0.3 is 4.90 Å². The molecular weight excluding hydrogens is 244 g/mol. The molecule has 2 rings (SSSR count). The van der Waals surface area contributed by atoms with Crippen LogP contribution in [0.15, 0.2) is 12.3 Å². The average molecular weight is 255 g/mol. The monoisotopic (exact) mass is 254 g/mol. The van der Waals surface area contributed by atoms with Crippen LogP contribution in [0.4, 0.5) is 5.95 Å². The number of amides is 2. The summed E-state index contributed by atoms with van der Waals surface area (Å²) >= 11 is 5.65. The molecule has 1 fully saturated rings. The first-order valence-corrected chi connectivity index (χ1v) is 5.59. The molecule has 0 spiro atoms. The molecule has 1 N–H and O–H groups in total. The van der Waals surface area contributed by atoms with Crippen molar-refractivity contribution in [1.29, 1.82) is 0 Å². The van der Waals surface area contributed by atoms with Crippen LogP contribution in [-0.4, -0.2) is 39.8 Å². The third-order valence-electron chi connectivity index (χ3n) is 2.38. The second kappa shape index (κ2) is 5.09. The van der Waals surface area contributed by atoms with Crippen molar-refractivity contribution < 1.29 is 9.59 Å². The Balaban J connectivity index is 1.91. The zero-order valence-corrected chi connectivity index (χ0v) is 9.78. The van der Waals surface area contributed by atoms with Gasteiger partial charge in [0.2, 0.25) is 17.8 Å². The van der Waals surface area contributed by atoms with Crippen molar-refractivity contribution >= 4 is 29.4 Å². The Morgan fingerprint density at radius 1 is 1.59 bits per heavy atom. The quantitative estimate of drug-likeness (QED) is 0.806. The summed E-state index contributed by atoms with van der Waals surface area (Å²) in [6, 6.07) is 1.52. The van der Waals surface area contributed by atoms with E-state index in [9.17, 15) is 9.59 Å². The maximum absolute atomic E-state index is 11.6. The van der Waals surface area contributed by atoms with Gasteiger partial charge in [-0.3, -0.25) is 14.9 Å². The van der Waals surface area contributed by atoms with Crippen molar-refractivity contribution in [2.24, 2.45) is 0 Å². The normalized spacial score (nSPS) is 15.1. The van der Waals surface area contributed by atoms with E-state index >= 15 is 0 Å². The molecule has 1 saturated heterocycles. The third-order valence-corrected chi connectivity index (χ3v) is 2.59. The summed E-state index contributed by atoms with van der Waals surface area (Å²) in [6.07, 6.45) is 2.77. The molecule has 1 aromatic heterocycles. The first kappa shape index (κ1) is 11.8. The highest BCUT2D eigenvalue weighted by Gasteiger charge is 2.22. The van der Waals surface area contributed by atoms with Crippen LogP contribution in [0.1, 0.15) is 12.8 Å². The second-order valence-electron chi connectivity index (χ2n) is 3.67. The van der Waals surface area contributed by atoms with Gasteiger partial charge in [-0.2, -0.15) is 0 Å². The minimum atomic E-state index is -0.317. The zero-order chi connectivity index (χ0) is 12.3. The molecule has 1 aliphatic rings. The molecule has 6 nitrogen and oxygen atoms in total. The maximum Gasteiger partial charge on any atom is 0.246 e. The van der Waals surface area contributed by atoms with Crippen LogP contribution in [0.5, 0.6) is 0 Å². The smallest absolute Gasteiger partial charge is 0.246 e. The van der Waals surface area contributed by atoms with E-state index in [1.54, 1.807) is 0 Å². The minimum Gasteiger partial charge on any atom is -0.333 e. The largest absolute Gasteiger partial charge is 0.333 e. The molecular formula is C10H11ClN4O2. The molecule has 17 heavy (non-hydrogen) atoms. The number of nitrogens with one attached hydrogen (secondary N) is 1. The lowest BCUT2D eigenvalue weighted by atomic mass is 10.4. The van der Waals surface area contributed by atoms with Gasteiger partial charge in [0.05, 0.1) is 6.54 Å². The molecule has 0 radical (unpaired) electrons. The van der Waals surface area contributed by atoms with Crippen molar-refractivity contribution in [1.82, 2.24) is 14.9 Å². The molecule has 2 amide bonds. The minimum absolute atomic E-state index is 0.00663. The Hall–Kier alpha value is -1.69. The molecule has 0 unspecified atom stereocenters. The maximum atomic E-state index is 11.6. The van der Waals surface area contributed by atoms with Crippen molar-refractivity contribution in [3.05, 3.63) is 17.4 Å². The first-order chi connectivity index (χ1) is 8.15. The van der Waals surface area contributed by atoms with Gasteiger partial charge >= 0.3 is 0 Å². The number of rotatable bonds is 3. The summed E-state index contributed by atoms with van der Waals surface area (Å²) < 4.78 is 0. The fourth-order valence-corrected chi connectivity index (χ4v) is 1.74. The molecule has 90 valence electrons. The highest BCUT2D eigenvalue weighted by Crippen LogP contribution is 2.10. The Morgan fingerprint density at radius 2 is 2.41 bits per heavy atom. The molecule has 0 bridgehead atoms. The van der Waals surface area contributed by atoms with E-state index in [4.69, 9.17) is 11.6 Å². The lowest BCUT2D eigenvalue weighted by Crippen LogP contribution is -2.34. The summed E-state index contributed by atoms with van der Waals surface area (Å²) in [5.74, 6) is -0.163. The Labute approximate surface area is 103 Å². The fraction of sp³-hybridized carbons (Fsp3) is 0.400. The Morgan fingerprint density at radius 3 is 3.06 bits per heavy atom. The van der Waals surface area contributed by atoms with Gasteiger partial charge in [-0.1, -0.05) is 11.6 Å². The van der Waals surface area contributed by atoms with E-state index in [1.165, 1.54) is 17.2 Å². The number of nitrogens with zero attached hydrogens (tertiary/aromatic N) is 3. The third kappa shape index (κ3) is 3.13. The molecule has 7 heteroatoms. The average Bonchev–Trinajstić information content (AvgIpc) is 2.64. The van der Waals surface area contributed by atoms with Gasteiger partial charge in [0.15, 0.2) is 0 Å². The molecule has 1 aliphatic heterocycles. The number of aromatic nitrogens is 2. The standard InChI is InChI=1S/C10H11ClN4O2/c11-7-3-4-12-10(13-7)14-8(16)6-15-5-1-2-9(15)17/h3-4H,1-2,5-6H2,(H,12,13,14,16). The van der Waals surface area contributed by atoms with E-state index in [-0.39, 0.29) is 29.5 Å². The number of halogens is 1. The molecule has 1 aromatic rings. The van der Waals surface area contributed by atoms with Crippen LogP contribution < -0.4 is 5.32 Å². The topological polar surface area (TPSA) is 75.2 Å².